The van der Waals surface area contributed by atoms with Crippen molar-refractivity contribution in [3.05, 3.63) is 34.9 Å². The van der Waals surface area contributed by atoms with Crippen LogP contribution in [0.1, 0.15) is 24.9 Å². The molecule has 3 N–H and O–H groups in total. The molecule has 20 heavy (non-hydrogen) atoms. The highest BCUT2D eigenvalue weighted by atomic mass is 35.5. The number of nitrogens with two attached hydrogens (primary N) is 1. The molecule has 2 unspecified atom stereocenters. The maximum Gasteiger partial charge on any atom is 0.237 e. The van der Waals surface area contributed by atoms with E-state index in [0.717, 1.165) is 11.8 Å². The first-order chi connectivity index (χ1) is 9.20. The summed E-state index contributed by atoms with van der Waals surface area (Å²) >= 11 is 6.04. The number of sulfone groups is 1. The Balaban J connectivity index is 2.60. The van der Waals surface area contributed by atoms with Crippen molar-refractivity contribution in [2.75, 3.05) is 12.0 Å². The molecule has 1 aromatic rings. The summed E-state index contributed by atoms with van der Waals surface area (Å²) in [5, 5.41) is 3.29. The van der Waals surface area contributed by atoms with Crippen molar-refractivity contribution in [3.8, 4) is 0 Å². The van der Waals surface area contributed by atoms with Crippen molar-refractivity contribution in [1.82, 2.24) is 5.32 Å². The van der Waals surface area contributed by atoms with E-state index < -0.39 is 15.9 Å². The molecule has 0 radical (unpaired) electrons. The molecule has 0 bridgehead atoms. The molecular formula is C13H19ClN2O3S. The van der Waals surface area contributed by atoms with Crippen molar-refractivity contribution >= 4 is 27.3 Å². The largest absolute Gasteiger partial charge is 0.348 e. The van der Waals surface area contributed by atoms with Gasteiger partial charge in [-0.05, 0) is 25.0 Å². The molecular weight excluding hydrogens is 300 g/mol. The van der Waals surface area contributed by atoms with Gasteiger partial charge in [-0.3, -0.25) is 4.79 Å². The van der Waals surface area contributed by atoms with Crippen molar-refractivity contribution in [2.24, 2.45) is 5.73 Å². The normalized spacial score (nSPS) is 14.6. The molecule has 0 aromatic heterocycles. The van der Waals surface area contributed by atoms with Crippen LogP contribution in [0.5, 0.6) is 0 Å². The minimum atomic E-state index is -3.12. The van der Waals surface area contributed by atoms with E-state index >= 15 is 0 Å². The van der Waals surface area contributed by atoms with E-state index in [0.29, 0.717) is 5.02 Å². The third kappa shape index (κ3) is 5.48. The zero-order valence-electron chi connectivity index (χ0n) is 11.5. The summed E-state index contributed by atoms with van der Waals surface area (Å²) in [5.74, 6) is -0.497. The van der Waals surface area contributed by atoms with Crippen LogP contribution in [0.15, 0.2) is 24.3 Å². The summed E-state index contributed by atoms with van der Waals surface area (Å²) in [6.45, 7) is 1.79. The first kappa shape index (κ1) is 16.9. The maximum absolute atomic E-state index is 11.9. The van der Waals surface area contributed by atoms with Gasteiger partial charge in [0, 0.05) is 11.3 Å². The van der Waals surface area contributed by atoms with E-state index in [2.05, 4.69) is 5.32 Å². The fraction of sp³-hybridized carbons (Fsp3) is 0.462. The van der Waals surface area contributed by atoms with Gasteiger partial charge in [0.2, 0.25) is 5.91 Å². The number of rotatable bonds is 6. The van der Waals surface area contributed by atoms with Crippen molar-refractivity contribution in [2.45, 2.75) is 25.4 Å². The van der Waals surface area contributed by atoms with E-state index in [9.17, 15) is 13.2 Å². The van der Waals surface area contributed by atoms with E-state index in [1.165, 1.54) is 0 Å². The van der Waals surface area contributed by atoms with Crippen LogP contribution in [0.3, 0.4) is 0 Å². The maximum atomic E-state index is 11.9. The molecule has 0 fully saturated rings. The SMILES string of the molecule is CC(NC(=O)C(N)CCS(C)(=O)=O)c1ccccc1Cl. The number of carbonyl (C=O) groups is 1. The highest BCUT2D eigenvalue weighted by Gasteiger charge is 2.19. The minimum absolute atomic E-state index is 0.0971. The van der Waals surface area contributed by atoms with Gasteiger partial charge in [-0.25, -0.2) is 8.42 Å². The predicted octanol–water partition coefficient (Wildman–Crippen LogP) is 1.28. The zero-order valence-corrected chi connectivity index (χ0v) is 13.0. The monoisotopic (exact) mass is 318 g/mol. The van der Waals surface area contributed by atoms with Crippen LogP contribution in [0.25, 0.3) is 0 Å². The average Bonchev–Trinajstić information content (AvgIpc) is 2.35. The van der Waals surface area contributed by atoms with Gasteiger partial charge in [-0.15, -0.1) is 0 Å². The predicted molar refractivity (Wildman–Crippen MR) is 80.3 cm³/mol. The Morgan fingerprint density at radius 2 is 2.00 bits per heavy atom. The minimum Gasteiger partial charge on any atom is -0.348 e. The topological polar surface area (TPSA) is 89.3 Å². The van der Waals surface area contributed by atoms with Gasteiger partial charge in [0.25, 0.3) is 0 Å². The van der Waals surface area contributed by atoms with Crippen LogP contribution in [-0.2, 0) is 14.6 Å². The van der Waals surface area contributed by atoms with Crippen LogP contribution < -0.4 is 11.1 Å². The fourth-order valence-electron chi connectivity index (χ4n) is 1.70. The summed E-state index contributed by atoms with van der Waals surface area (Å²) in [5.41, 5.74) is 6.47. The van der Waals surface area contributed by atoms with E-state index in [1.54, 1.807) is 19.1 Å². The Kier molecular flexibility index (Phi) is 5.98. The van der Waals surface area contributed by atoms with Crippen LogP contribution in [0, 0.1) is 0 Å². The van der Waals surface area contributed by atoms with Gasteiger partial charge >= 0.3 is 0 Å². The van der Waals surface area contributed by atoms with Gasteiger partial charge < -0.3 is 11.1 Å². The lowest BCUT2D eigenvalue weighted by Gasteiger charge is -2.18. The Labute approximate surface area is 124 Å². The fourth-order valence-corrected chi connectivity index (χ4v) is 2.68. The van der Waals surface area contributed by atoms with E-state index in [1.807, 2.05) is 12.1 Å². The molecule has 0 aliphatic carbocycles. The Morgan fingerprint density at radius 1 is 1.40 bits per heavy atom. The molecule has 5 nitrogen and oxygen atoms in total. The van der Waals surface area contributed by atoms with Gasteiger partial charge in [0.1, 0.15) is 9.84 Å². The number of amides is 1. The lowest BCUT2D eigenvalue weighted by atomic mass is 10.1. The molecule has 1 aromatic carbocycles. The molecule has 0 saturated heterocycles. The standard InChI is InChI=1S/C13H19ClN2O3S/c1-9(10-5-3-4-6-11(10)14)16-13(17)12(15)7-8-20(2,18)19/h3-6,9,12H,7-8,15H2,1-2H3,(H,16,17). The third-order valence-corrected chi connectivity index (χ3v) is 4.19. The van der Waals surface area contributed by atoms with Crippen LogP contribution in [0.4, 0.5) is 0 Å². The highest BCUT2D eigenvalue weighted by Crippen LogP contribution is 2.22. The van der Waals surface area contributed by atoms with Crippen molar-refractivity contribution in [1.29, 1.82) is 0 Å². The number of benzene rings is 1. The summed E-state index contributed by atoms with van der Waals surface area (Å²) in [4.78, 5) is 11.9. The highest BCUT2D eigenvalue weighted by molar-refractivity contribution is 7.90. The molecule has 0 aliphatic heterocycles. The van der Waals surface area contributed by atoms with Crippen molar-refractivity contribution < 1.29 is 13.2 Å². The molecule has 0 spiro atoms. The zero-order chi connectivity index (χ0) is 15.3. The summed E-state index contributed by atoms with van der Waals surface area (Å²) < 4.78 is 22.1. The summed E-state index contributed by atoms with van der Waals surface area (Å²) in [6.07, 6.45) is 1.21. The Bertz CT molecular complexity index is 575. The molecule has 0 heterocycles. The van der Waals surface area contributed by atoms with Crippen LogP contribution in [-0.4, -0.2) is 32.4 Å². The Morgan fingerprint density at radius 3 is 2.55 bits per heavy atom. The first-order valence-electron chi connectivity index (χ1n) is 6.19. The molecule has 2 atom stereocenters. The van der Waals surface area contributed by atoms with E-state index in [-0.39, 0.29) is 24.1 Å². The summed E-state index contributed by atoms with van der Waals surface area (Å²) in [7, 11) is -3.12. The van der Waals surface area contributed by atoms with Crippen molar-refractivity contribution in [3.63, 3.8) is 0 Å². The summed E-state index contributed by atoms with van der Waals surface area (Å²) in [6, 6.07) is 6.04. The number of hydrogen-bond donors (Lipinski definition) is 2. The molecule has 1 amide bonds. The second-order valence-electron chi connectivity index (χ2n) is 4.78. The van der Waals surface area contributed by atoms with Gasteiger partial charge in [0.05, 0.1) is 17.8 Å². The van der Waals surface area contributed by atoms with Crippen LogP contribution in [0.2, 0.25) is 5.02 Å². The number of hydrogen-bond acceptors (Lipinski definition) is 4. The molecule has 7 heteroatoms. The first-order valence-corrected chi connectivity index (χ1v) is 8.62. The average molecular weight is 319 g/mol. The lowest BCUT2D eigenvalue weighted by molar-refractivity contribution is -0.123. The smallest absolute Gasteiger partial charge is 0.237 e. The Hall–Kier alpha value is -1.11. The number of nitrogens with one attached hydrogen (secondary N) is 1. The lowest BCUT2D eigenvalue weighted by Crippen LogP contribution is -2.42. The van der Waals surface area contributed by atoms with Gasteiger partial charge in [0.15, 0.2) is 0 Å². The van der Waals surface area contributed by atoms with Crippen LogP contribution >= 0.6 is 11.6 Å². The molecule has 0 aliphatic rings. The second-order valence-corrected chi connectivity index (χ2v) is 7.44. The van der Waals surface area contributed by atoms with Gasteiger partial charge in [-0.1, -0.05) is 29.8 Å². The molecule has 112 valence electrons. The quantitative estimate of drug-likeness (QED) is 0.827. The van der Waals surface area contributed by atoms with E-state index in [4.69, 9.17) is 17.3 Å². The second kappa shape index (κ2) is 7.06. The molecule has 1 rings (SSSR count). The van der Waals surface area contributed by atoms with Gasteiger partial charge in [-0.2, -0.15) is 0 Å². The number of halogens is 1. The molecule has 0 saturated carbocycles. The number of carbonyl (C=O) groups excluding carboxylic acids is 1. The third-order valence-electron chi connectivity index (χ3n) is 2.87.